The third-order valence-corrected chi connectivity index (χ3v) is 4.23. The number of halogens is 1. The fourth-order valence-electron chi connectivity index (χ4n) is 2.58. The van der Waals surface area contributed by atoms with Gasteiger partial charge in [0.15, 0.2) is 18.1 Å². The molecule has 0 radical (unpaired) electrons. The lowest BCUT2D eigenvalue weighted by Gasteiger charge is -2.17. The minimum absolute atomic E-state index is 0.273. The fraction of sp³-hybridized carbons (Fsp3) is 0.273. The molecule has 160 valence electrons. The summed E-state index contributed by atoms with van der Waals surface area (Å²) in [5.41, 5.74) is 1.34. The standard InChI is InChI=1S/C22H24FNO6/c1-24(13-15-5-8-17(23)9-6-15)21(25)14-30-22(26)10-7-16-11-19(28-3)20(29-4)12-18(16)27-2/h5-12H,13-14H2,1-4H3/b10-7+. The molecule has 0 N–H and O–H groups in total. The van der Waals surface area contributed by atoms with Gasteiger partial charge >= 0.3 is 5.97 Å². The largest absolute Gasteiger partial charge is 0.496 e. The quantitative estimate of drug-likeness (QED) is 0.461. The molecule has 30 heavy (non-hydrogen) atoms. The van der Waals surface area contributed by atoms with Gasteiger partial charge in [-0.25, -0.2) is 9.18 Å². The Morgan fingerprint density at radius 3 is 2.17 bits per heavy atom. The highest BCUT2D eigenvalue weighted by atomic mass is 19.1. The van der Waals surface area contributed by atoms with Crippen LogP contribution in [0.25, 0.3) is 6.08 Å². The van der Waals surface area contributed by atoms with Crippen molar-refractivity contribution in [3.8, 4) is 17.2 Å². The molecule has 0 aromatic heterocycles. The van der Waals surface area contributed by atoms with E-state index in [9.17, 15) is 14.0 Å². The van der Waals surface area contributed by atoms with Gasteiger partial charge in [0.1, 0.15) is 11.6 Å². The van der Waals surface area contributed by atoms with Gasteiger partial charge in [0.05, 0.1) is 21.3 Å². The molecular formula is C22H24FNO6. The molecular weight excluding hydrogens is 393 g/mol. The SMILES string of the molecule is COc1cc(OC)c(OC)cc1/C=C/C(=O)OCC(=O)N(C)Cc1ccc(F)cc1. The Labute approximate surface area is 174 Å². The predicted octanol–water partition coefficient (Wildman–Crippen LogP) is 3.07. The number of likely N-dealkylation sites (N-methyl/N-ethyl adjacent to an activating group) is 1. The molecule has 1 amide bonds. The molecule has 0 saturated heterocycles. The van der Waals surface area contributed by atoms with Crippen molar-refractivity contribution in [2.75, 3.05) is 35.0 Å². The molecule has 0 aliphatic rings. The zero-order chi connectivity index (χ0) is 22.1. The topological polar surface area (TPSA) is 74.3 Å². The van der Waals surface area contributed by atoms with E-state index in [0.29, 0.717) is 22.8 Å². The van der Waals surface area contributed by atoms with Gasteiger partial charge in [-0.2, -0.15) is 0 Å². The van der Waals surface area contributed by atoms with E-state index in [1.165, 1.54) is 50.5 Å². The van der Waals surface area contributed by atoms with Crippen molar-refractivity contribution in [1.29, 1.82) is 0 Å². The number of hydrogen-bond donors (Lipinski definition) is 0. The van der Waals surface area contributed by atoms with E-state index in [4.69, 9.17) is 18.9 Å². The molecule has 0 heterocycles. The molecule has 0 spiro atoms. The molecule has 7 nitrogen and oxygen atoms in total. The Balaban J connectivity index is 1.94. The van der Waals surface area contributed by atoms with Crippen LogP contribution in [0.15, 0.2) is 42.5 Å². The molecule has 2 aromatic rings. The summed E-state index contributed by atoms with van der Waals surface area (Å²) in [7, 11) is 6.07. The lowest BCUT2D eigenvalue weighted by molar-refractivity contribution is -0.147. The van der Waals surface area contributed by atoms with Crippen molar-refractivity contribution < 1.29 is 32.9 Å². The Morgan fingerprint density at radius 1 is 0.967 bits per heavy atom. The van der Waals surface area contributed by atoms with E-state index in [-0.39, 0.29) is 18.3 Å². The molecule has 0 unspecified atom stereocenters. The van der Waals surface area contributed by atoms with E-state index in [2.05, 4.69) is 0 Å². The van der Waals surface area contributed by atoms with Crippen LogP contribution in [-0.2, 0) is 20.9 Å². The Kier molecular flexibility index (Phi) is 8.22. The summed E-state index contributed by atoms with van der Waals surface area (Å²) in [6.45, 7) is -0.140. The van der Waals surface area contributed by atoms with Gasteiger partial charge in [0, 0.05) is 31.3 Å². The van der Waals surface area contributed by atoms with E-state index >= 15 is 0 Å². The Bertz CT molecular complexity index is 911. The summed E-state index contributed by atoms with van der Waals surface area (Å²) in [5, 5.41) is 0. The van der Waals surface area contributed by atoms with Crippen molar-refractivity contribution >= 4 is 18.0 Å². The fourth-order valence-corrected chi connectivity index (χ4v) is 2.58. The molecule has 8 heteroatoms. The highest BCUT2D eigenvalue weighted by molar-refractivity contribution is 5.89. The summed E-state index contributed by atoms with van der Waals surface area (Å²) >= 11 is 0. The number of esters is 1. The van der Waals surface area contributed by atoms with E-state index in [0.717, 1.165) is 5.56 Å². The summed E-state index contributed by atoms with van der Waals surface area (Å²) in [6, 6.07) is 9.11. The third-order valence-electron chi connectivity index (χ3n) is 4.23. The molecule has 0 saturated carbocycles. The predicted molar refractivity (Wildman–Crippen MR) is 109 cm³/mol. The number of rotatable bonds is 9. The first kappa shape index (κ1) is 22.7. The molecule has 0 aliphatic carbocycles. The number of nitrogens with zero attached hydrogens (tertiary/aromatic N) is 1. The van der Waals surface area contributed by atoms with Gasteiger partial charge in [-0.15, -0.1) is 0 Å². The second kappa shape index (κ2) is 10.8. The second-order valence-electron chi connectivity index (χ2n) is 6.27. The van der Waals surface area contributed by atoms with E-state index in [1.807, 2.05) is 0 Å². The van der Waals surface area contributed by atoms with Crippen LogP contribution in [0.4, 0.5) is 4.39 Å². The number of hydrogen-bond acceptors (Lipinski definition) is 6. The van der Waals surface area contributed by atoms with Crippen molar-refractivity contribution in [1.82, 2.24) is 4.90 Å². The maximum Gasteiger partial charge on any atom is 0.331 e. The van der Waals surface area contributed by atoms with Gasteiger partial charge in [-0.3, -0.25) is 4.79 Å². The molecule has 0 bridgehead atoms. The van der Waals surface area contributed by atoms with Crippen molar-refractivity contribution in [3.63, 3.8) is 0 Å². The molecule has 2 rings (SSSR count). The number of benzene rings is 2. The first-order chi connectivity index (χ1) is 14.4. The number of amides is 1. The summed E-state index contributed by atoms with van der Waals surface area (Å²) < 4.78 is 33.7. The smallest absolute Gasteiger partial charge is 0.331 e. The van der Waals surface area contributed by atoms with Gasteiger partial charge in [0.25, 0.3) is 5.91 Å². The van der Waals surface area contributed by atoms with Gasteiger partial charge < -0.3 is 23.8 Å². The first-order valence-corrected chi connectivity index (χ1v) is 9.01. The number of ether oxygens (including phenoxy) is 4. The minimum atomic E-state index is -0.685. The van der Waals surface area contributed by atoms with Crippen LogP contribution < -0.4 is 14.2 Å². The normalized spacial score (nSPS) is 10.6. The molecule has 0 fully saturated rings. The lowest BCUT2D eigenvalue weighted by atomic mass is 10.1. The number of carbonyl (C=O) groups is 2. The second-order valence-corrected chi connectivity index (χ2v) is 6.27. The summed E-state index contributed by atoms with van der Waals surface area (Å²) in [6.07, 6.45) is 2.69. The van der Waals surface area contributed by atoms with Gasteiger partial charge in [-0.1, -0.05) is 12.1 Å². The summed E-state index contributed by atoms with van der Waals surface area (Å²) in [4.78, 5) is 25.5. The van der Waals surface area contributed by atoms with Crippen LogP contribution in [0.1, 0.15) is 11.1 Å². The molecule has 2 aromatic carbocycles. The van der Waals surface area contributed by atoms with Crippen molar-refractivity contribution in [2.45, 2.75) is 6.54 Å². The van der Waals surface area contributed by atoms with Crippen LogP contribution in [0.3, 0.4) is 0 Å². The van der Waals surface area contributed by atoms with Crippen LogP contribution in [0.5, 0.6) is 17.2 Å². The van der Waals surface area contributed by atoms with Gasteiger partial charge in [0.2, 0.25) is 0 Å². The van der Waals surface area contributed by atoms with Crippen molar-refractivity contribution in [2.24, 2.45) is 0 Å². The minimum Gasteiger partial charge on any atom is -0.496 e. The monoisotopic (exact) mass is 417 g/mol. The van der Waals surface area contributed by atoms with Crippen LogP contribution in [0, 0.1) is 5.82 Å². The number of methoxy groups -OCH3 is 3. The summed E-state index contributed by atoms with van der Waals surface area (Å²) in [5.74, 6) is 0.0271. The lowest BCUT2D eigenvalue weighted by Crippen LogP contribution is -2.30. The van der Waals surface area contributed by atoms with Crippen LogP contribution >= 0.6 is 0 Å². The maximum absolute atomic E-state index is 12.9. The average Bonchev–Trinajstić information content (AvgIpc) is 2.76. The zero-order valence-electron chi connectivity index (χ0n) is 17.3. The van der Waals surface area contributed by atoms with Crippen molar-refractivity contribution in [3.05, 3.63) is 59.4 Å². The zero-order valence-corrected chi connectivity index (χ0v) is 17.3. The first-order valence-electron chi connectivity index (χ1n) is 9.01. The molecule has 0 atom stereocenters. The Hall–Kier alpha value is -3.55. The molecule has 0 aliphatic heterocycles. The highest BCUT2D eigenvalue weighted by Gasteiger charge is 2.13. The van der Waals surface area contributed by atoms with E-state index < -0.39 is 12.6 Å². The maximum atomic E-state index is 12.9. The third kappa shape index (κ3) is 6.23. The van der Waals surface area contributed by atoms with Gasteiger partial charge in [-0.05, 0) is 29.8 Å². The highest BCUT2D eigenvalue weighted by Crippen LogP contribution is 2.35. The average molecular weight is 417 g/mol. The Morgan fingerprint density at radius 2 is 1.57 bits per heavy atom. The van der Waals surface area contributed by atoms with Crippen LogP contribution in [0.2, 0.25) is 0 Å². The number of carbonyl (C=O) groups excluding carboxylic acids is 2. The van der Waals surface area contributed by atoms with Crippen LogP contribution in [-0.4, -0.2) is 51.8 Å². The van der Waals surface area contributed by atoms with E-state index in [1.54, 1.807) is 31.3 Å².